The van der Waals surface area contributed by atoms with Gasteiger partial charge >= 0.3 is 0 Å². The lowest BCUT2D eigenvalue weighted by molar-refractivity contribution is 0.551. The van der Waals surface area contributed by atoms with Crippen LogP contribution in [0.15, 0.2) is 53.3 Å². The number of nitrogens with two attached hydrogens (primary N) is 1. The molecule has 88 valence electrons. The van der Waals surface area contributed by atoms with Crippen LogP contribution in [-0.4, -0.2) is 4.98 Å². The van der Waals surface area contributed by atoms with Gasteiger partial charge in [-0.25, -0.2) is 0 Å². The smallest absolute Gasteiger partial charge is 0.0500 e. The summed E-state index contributed by atoms with van der Waals surface area (Å²) in [6.45, 7) is 0. The highest BCUT2D eigenvalue weighted by molar-refractivity contribution is 9.10. The first-order valence-electron chi connectivity index (χ1n) is 5.40. The molecule has 0 radical (unpaired) electrons. The number of nitrogens with one attached hydrogen (secondary N) is 1. The van der Waals surface area contributed by atoms with Crippen molar-refractivity contribution in [3.63, 3.8) is 0 Å². The van der Waals surface area contributed by atoms with Gasteiger partial charge in [-0.3, -0.25) is 16.3 Å². The van der Waals surface area contributed by atoms with Gasteiger partial charge in [0.1, 0.15) is 0 Å². The molecule has 4 heteroatoms. The average Bonchev–Trinajstić information content (AvgIpc) is 2.37. The van der Waals surface area contributed by atoms with Gasteiger partial charge in [0.05, 0.1) is 6.04 Å². The number of hydrogen-bond donors (Lipinski definition) is 2. The lowest BCUT2D eigenvalue weighted by Gasteiger charge is -2.16. The molecule has 0 aliphatic heterocycles. The Balaban J connectivity index is 2.16. The van der Waals surface area contributed by atoms with Crippen molar-refractivity contribution < 1.29 is 0 Å². The Morgan fingerprint density at radius 1 is 1.24 bits per heavy atom. The molecule has 0 saturated heterocycles. The quantitative estimate of drug-likeness (QED) is 0.672. The van der Waals surface area contributed by atoms with Crippen molar-refractivity contribution in [3.8, 4) is 0 Å². The third kappa shape index (κ3) is 3.36. The van der Waals surface area contributed by atoms with E-state index in [1.54, 1.807) is 6.20 Å². The Labute approximate surface area is 109 Å². The number of hydrazine groups is 1. The van der Waals surface area contributed by atoms with E-state index in [-0.39, 0.29) is 6.04 Å². The molecule has 0 fully saturated rings. The van der Waals surface area contributed by atoms with E-state index in [0.717, 1.165) is 16.5 Å². The number of pyridine rings is 1. The highest BCUT2D eigenvalue weighted by Gasteiger charge is 2.10. The average molecular weight is 292 g/mol. The van der Waals surface area contributed by atoms with Crippen LogP contribution in [0.3, 0.4) is 0 Å². The first-order chi connectivity index (χ1) is 8.29. The Kier molecular flexibility index (Phi) is 4.25. The van der Waals surface area contributed by atoms with E-state index in [1.165, 1.54) is 5.56 Å². The van der Waals surface area contributed by atoms with Crippen LogP contribution >= 0.6 is 15.9 Å². The van der Waals surface area contributed by atoms with E-state index in [1.807, 2.05) is 24.4 Å². The minimum atomic E-state index is 0.104. The van der Waals surface area contributed by atoms with Crippen molar-refractivity contribution in [2.24, 2.45) is 5.84 Å². The van der Waals surface area contributed by atoms with Gasteiger partial charge in [-0.15, -0.1) is 0 Å². The second-order valence-corrected chi connectivity index (χ2v) is 4.76. The molecular weight excluding hydrogens is 278 g/mol. The minimum Gasteiger partial charge on any atom is -0.271 e. The van der Waals surface area contributed by atoms with Crippen LogP contribution in [0.5, 0.6) is 0 Å². The molecule has 0 saturated carbocycles. The second-order valence-electron chi connectivity index (χ2n) is 3.85. The molecule has 1 unspecified atom stereocenters. The predicted octanol–water partition coefficient (Wildman–Crippen LogP) is 2.59. The number of rotatable bonds is 4. The molecule has 1 atom stereocenters. The first-order valence-corrected chi connectivity index (χ1v) is 6.19. The zero-order valence-corrected chi connectivity index (χ0v) is 10.9. The van der Waals surface area contributed by atoms with Crippen molar-refractivity contribution in [3.05, 3.63) is 64.4 Å². The Morgan fingerprint density at radius 3 is 2.65 bits per heavy atom. The number of hydrogen-bond acceptors (Lipinski definition) is 3. The standard InChI is InChI=1S/C13H14BrN3/c14-12-6-10(8-16-9-12)7-13(17-15)11-4-2-1-3-5-11/h1-6,8-9,13,17H,7,15H2. The van der Waals surface area contributed by atoms with E-state index in [0.29, 0.717) is 0 Å². The van der Waals surface area contributed by atoms with Crippen LogP contribution < -0.4 is 11.3 Å². The van der Waals surface area contributed by atoms with Crippen LogP contribution in [-0.2, 0) is 6.42 Å². The summed E-state index contributed by atoms with van der Waals surface area (Å²) >= 11 is 3.42. The van der Waals surface area contributed by atoms with Gasteiger partial charge in [-0.2, -0.15) is 0 Å². The molecule has 1 aromatic heterocycles. The van der Waals surface area contributed by atoms with Crippen LogP contribution in [0.1, 0.15) is 17.2 Å². The number of halogens is 1. The Bertz CT molecular complexity index is 473. The number of aromatic nitrogens is 1. The molecule has 17 heavy (non-hydrogen) atoms. The highest BCUT2D eigenvalue weighted by Crippen LogP contribution is 2.18. The molecular formula is C13H14BrN3. The monoisotopic (exact) mass is 291 g/mol. The molecule has 2 rings (SSSR count). The lowest BCUT2D eigenvalue weighted by atomic mass is 10.0. The van der Waals surface area contributed by atoms with Crippen molar-refractivity contribution in [2.45, 2.75) is 12.5 Å². The summed E-state index contributed by atoms with van der Waals surface area (Å²) in [5.41, 5.74) is 5.16. The lowest BCUT2D eigenvalue weighted by Crippen LogP contribution is -2.29. The van der Waals surface area contributed by atoms with Gasteiger partial charge in [0.2, 0.25) is 0 Å². The van der Waals surface area contributed by atoms with E-state index in [2.05, 4.69) is 44.5 Å². The summed E-state index contributed by atoms with van der Waals surface area (Å²) in [6.07, 6.45) is 4.45. The maximum absolute atomic E-state index is 5.61. The first kappa shape index (κ1) is 12.2. The highest BCUT2D eigenvalue weighted by atomic mass is 79.9. The van der Waals surface area contributed by atoms with Gasteiger partial charge in [0, 0.05) is 16.9 Å². The molecule has 0 bridgehead atoms. The molecule has 1 aromatic carbocycles. The second kappa shape index (κ2) is 5.91. The zero-order valence-electron chi connectivity index (χ0n) is 9.31. The van der Waals surface area contributed by atoms with Gasteiger partial charge in [-0.05, 0) is 39.5 Å². The van der Waals surface area contributed by atoms with E-state index < -0.39 is 0 Å². The summed E-state index contributed by atoms with van der Waals surface area (Å²) in [6, 6.07) is 12.3. The summed E-state index contributed by atoms with van der Waals surface area (Å²) < 4.78 is 0.985. The Hall–Kier alpha value is -1.23. The molecule has 0 amide bonds. The van der Waals surface area contributed by atoms with E-state index in [4.69, 9.17) is 5.84 Å². The number of benzene rings is 1. The maximum Gasteiger partial charge on any atom is 0.0500 e. The summed E-state index contributed by atoms with van der Waals surface area (Å²) in [7, 11) is 0. The third-order valence-corrected chi connectivity index (χ3v) is 3.04. The predicted molar refractivity (Wildman–Crippen MR) is 72.1 cm³/mol. The van der Waals surface area contributed by atoms with Crippen LogP contribution in [0.4, 0.5) is 0 Å². The van der Waals surface area contributed by atoms with Crippen molar-refractivity contribution in [1.29, 1.82) is 0 Å². The molecule has 0 aliphatic carbocycles. The molecule has 3 N–H and O–H groups in total. The molecule has 0 aliphatic rings. The fraction of sp³-hybridized carbons (Fsp3) is 0.154. The van der Waals surface area contributed by atoms with Gasteiger partial charge in [0.25, 0.3) is 0 Å². The van der Waals surface area contributed by atoms with Crippen LogP contribution in [0.25, 0.3) is 0 Å². The summed E-state index contributed by atoms with van der Waals surface area (Å²) in [5.74, 6) is 5.61. The largest absolute Gasteiger partial charge is 0.271 e. The fourth-order valence-corrected chi connectivity index (χ4v) is 2.17. The Morgan fingerprint density at radius 2 is 2.00 bits per heavy atom. The van der Waals surface area contributed by atoms with Crippen LogP contribution in [0, 0.1) is 0 Å². The molecule has 2 aromatic rings. The van der Waals surface area contributed by atoms with Crippen LogP contribution in [0.2, 0.25) is 0 Å². The molecule has 0 spiro atoms. The molecule has 1 heterocycles. The third-order valence-electron chi connectivity index (χ3n) is 2.60. The minimum absolute atomic E-state index is 0.104. The zero-order chi connectivity index (χ0) is 12.1. The van der Waals surface area contributed by atoms with Crippen molar-refractivity contribution >= 4 is 15.9 Å². The maximum atomic E-state index is 5.61. The van der Waals surface area contributed by atoms with E-state index in [9.17, 15) is 0 Å². The number of nitrogens with zero attached hydrogens (tertiary/aromatic N) is 1. The van der Waals surface area contributed by atoms with E-state index >= 15 is 0 Å². The topological polar surface area (TPSA) is 50.9 Å². The van der Waals surface area contributed by atoms with Gasteiger partial charge in [0.15, 0.2) is 0 Å². The summed E-state index contributed by atoms with van der Waals surface area (Å²) in [5, 5.41) is 0. The fourth-order valence-electron chi connectivity index (χ4n) is 1.76. The van der Waals surface area contributed by atoms with Crippen molar-refractivity contribution in [2.75, 3.05) is 0 Å². The SMILES string of the molecule is NNC(Cc1cncc(Br)c1)c1ccccc1. The van der Waals surface area contributed by atoms with Gasteiger partial charge < -0.3 is 0 Å². The van der Waals surface area contributed by atoms with Gasteiger partial charge in [-0.1, -0.05) is 30.3 Å². The summed E-state index contributed by atoms with van der Waals surface area (Å²) in [4.78, 5) is 4.15. The molecule has 3 nitrogen and oxygen atoms in total. The van der Waals surface area contributed by atoms with Crippen molar-refractivity contribution in [1.82, 2.24) is 10.4 Å². The normalized spacial score (nSPS) is 12.4.